The number of benzene rings is 1. The lowest BCUT2D eigenvalue weighted by molar-refractivity contribution is 0.278. The van der Waals surface area contributed by atoms with Crippen LogP contribution in [-0.2, 0) is 5.54 Å². The summed E-state index contributed by atoms with van der Waals surface area (Å²) in [5, 5.41) is 0.759. The van der Waals surface area contributed by atoms with Gasteiger partial charge in [0.2, 0.25) is 0 Å². The molecular formula is C12H17ClN2. The third-order valence-corrected chi connectivity index (χ3v) is 3.59. The topological polar surface area (TPSA) is 52.0 Å². The molecular weight excluding hydrogens is 208 g/mol. The summed E-state index contributed by atoms with van der Waals surface area (Å²) in [5.41, 5.74) is 13.3. The van der Waals surface area contributed by atoms with Crippen molar-refractivity contribution >= 4 is 11.6 Å². The van der Waals surface area contributed by atoms with Gasteiger partial charge in [-0.2, -0.15) is 0 Å². The van der Waals surface area contributed by atoms with Gasteiger partial charge in [-0.3, -0.25) is 0 Å². The summed E-state index contributed by atoms with van der Waals surface area (Å²) in [6.07, 6.45) is 3.96. The molecule has 82 valence electrons. The summed E-state index contributed by atoms with van der Waals surface area (Å²) in [7, 11) is 0. The minimum Gasteiger partial charge on any atom is -0.328 e. The first-order valence-electron chi connectivity index (χ1n) is 5.41. The molecule has 0 bridgehead atoms. The average Bonchev–Trinajstić information content (AvgIpc) is 2.24. The van der Waals surface area contributed by atoms with E-state index in [1.54, 1.807) is 0 Å². The summed E-state index contributed by atoms with van der Waals surface area (Å²) in [6.45, 7) is 0. The lowest BCUT2D eigenvalue weighted by Gasteiger charge is -2.36. The molecule has 0 unspecified atom stereocenters. The van der Waals surface area contributed by atoms with E-state index >= 15 is 0 Å². The Hall–Kier alpha value is -0.570. The SMILES string of the molecule is NC1CCC(N)(c2ccc(Cl)cc2)CC1. The minimum atomic E-state index is -0.194. The number of rotatable bonds is 1. The molecule has 1 saturated carbocycles. The van der Waals surface area contributed by atoms with E-state index < -0.39 is 0 Å². The third-order valence-electron chi connectivity index (χ3n) is 3.34. The Bertz CT molecular complexity index is 326. The Kier molecular flexibility index (Phi) is 3.01. The van der Waals surface area contributed by atoms with Crippen LogP contribution >= 0.6 is 11.6 Å². The van der Waals surface area contributed by atoms with E-state index in [0.29, 0.717) is 6.04 Å². The van der Waals surface area contributed by atoms with Gasteiger partial charge >= 0.3 is 0 Å². The summed E-state index contributed by atoms with van der Waals surface area (Å²) >= 11 is 5.86. The second-order valence-electron chi connectivity index (χ2n) is 4.50. The summed E-state index contributed by atoms with van der Waals surface area (Å²) in [5.74, 6) is 0. The number of halogens is 1. The van der Waals surface area contributed by atoms with Crippen molar-refractivity contribution in [2.24, 2.45) is 11.5 Å². The van der Waals surface area contributed by atoms with E-state index in [-0.39, 0.29) is 5.54 Å². The molecule has 1 aromatic carbocycles. The van der Waals surface area contributed by atoms with Gasteiger partial charge in [0.25, 0.3) is 0 Å². The first kappa shape index (κ1) is 10.9. The summed E-state index contributed by atoms with van der Waals surface area (Å²) < 4.78 is 0. The molecule has 0 radical (unpaired) electrons. The van der Waals surface area contributed by atoms with Crippen molar-refractivity contribution in [3.8, 4) is 0 Å². The molecule has 2 rings (SSSR count). The predicted molar refractivity (Wildman–Crippen MR) is 63.8 cm³/mol. The number of hydrogen-bond acceptors (Lipinski definition) is 2. The zero-order chi connectivity index (χ0) is 10.9. The van der Waals surface area contributed by atoms with E-state index in [0.717, 1.165) is 30.7 Å². The first-order chi connectivity index (χ1) is 7.10. The second kappa shape index (κ2) is 4.12. The van der Waals surface area contributed by atoms with Crippen LogP contribution in [0.15, 0.2) is 24.3 Å². The van der Waals surface area contributed by atoms with Crippen LogP contribution in [-0.4, -0.2) is 6.04 Å². The van der Waals surface area contributed by atoms with Crippen LogP contribution in [0.25, 0.3) is 0 Å². The normalized spacial score (nSPS) is 31.5. The fourth-order valence-electron chi connectivity index (χ4n) is 2.23. The maximum absolute atomic E-state index is 6.39. The van der Waals surface area contributed by atoms with Crippen LogP contribution in [0, 0.1) is 0 Å². The Labute approximate surface area is 95.6 Å². The van der Waals surface area contributed by atoms with Crippen molar-refractivity contribution in [2.45, 2.75) is 37.3 Å². The van der Waals surface area contributed by atoms with Crippen LogP contribution in [0.3, 0.4) is 0 Å². The highest BCUT2D eigenvalue weighted by Gasteiger charge is 2.31. The van der Waals surface area contributed by atoms with Crippen molar-refractivity contribution in [1.82, 2.24) is 0 Å². The van der Waals surface area contributed by atoms with E-state index in [1.807, 2.05) is 24.3 Å². The van der Waals surface area contributed by atoms with Gasteiger partial charge in [-0.05, 0) is 43.4 Å². The Morgan fingerprint density at radius 1 is 1.13 bits per heavy atom. The van der Waals surface area contributed by atoms with Crippen LogP contribution in [0.2, 0.25) is 5.02 Å². The first-order valence-corrected chi connectivity index (χ1v) is 5.78. The fraction of sp³-hybridized carbons (Fsp3) is 0.500. The van der Waals surface area contributed by atoms with Gasteiger partial charge < -0.3 is 11.5 Å². The maximum atomic E-state index is 6.39. The Balaban J connectivity index is 2.18. The number of nitrogens with two attached hydrogens (primary N) is 2. The molecule has 4 N–H and O–H groups in total. The molecule has 0 heterocycles. The van der Waals surface area contributed by atoms with E-state index in [4.69, 9.17) is 23.1 Å². The van der Waals surface area contributed by atoms with Crippen LogP contribution in [0.5, 0.6) is 0 Å². The summed E-state index contributed by atoms with van der Waals surface area (Å²) in [6, 6.07) is 8.19. The Morgan fingerprint density at radius 2 is 1.67 bits per heavy atom. The Morgan fingerprint density at radius 3 is 2.20 bits per heavy atom. The van der Waals surface area contributed by atoms with Gasteiger partial charge in [-0.25, -0.2) is 0 Å². The van der Waals surface area contributed by atoms with Crippen molar-refractivity contribution in [3.05, 3.63) is 34.9 Å². The highest BCUT2D eigenvalue weighted by Crippen LogP contribution is 2.34. The van der Waals surface area contributed by atoms with Crippen molar-refractivity contribution in [2.75, 3.05) is 0 Å². The van der Waals surface area contributed by atoms with E-state index in [1.165, 1.54) is 5.56 Å². The van der Waals surface area contributed by atoms with Gasteiger partial charge in [-0.1, -0.05) is 23.7 Å². The molecule has 0 saturated heterocycles. The number of hydrogen-bond donors (Lipinski definition) is 2. The molecule has 0 atom stereocenters. The molecule has 0 aromatic heterocycles. The second-order valence-corrected chi connectivity index (χ2v) is 4.94. The lowest BCUT2D eigenvalue weighted by atomic mass is 9.76. The molecule has 1 aliphatic rings. The van der Waals surface area contributed by atoms with Gasteiger partial charge in [0, 0.05) is 16.6 Å². The van der Waals surface area contributed by atoms with Gasteiger partial charge in [0.05, 0.1) is 0 Å². The zero-order valence-corrected chi connectivity index (χ0v) is 9.50. The smallest absolute Gasteiger partial charge is 0.0410 e. The molecule has 15 heavy (non-hydrogen) atoms. The minimum absolute atomic E-state index is 0.194. The van der Waals surface area contributed by atoms with Crippen LogP contribution in [0.4, 0.5) is 0 Å². The predicted octanol–water partition coefficient (Wildman–Crippen LogP) is 2.40. The molecule has 0 amide bonds. The van der Waals surface area contributed by atoms with Gasteiger partial charge in [-0.15, -0.1) is 0 Å². The standard InChI is InChI=1S/C12H17ClN2/c13-10-3-1-9(2-4-10)12(15)7-5-11(14)6-8-12/h1-4,11H,5-8,14-15H2. The van der Waals surface area contributed by atoms with Crippen molar-refractivity contribution in [3.63, 3.8) is 0 Å². The largest absolute Gasteiger partial charge is 0.328 e. The van der Waals surface area contributed by atoms with Gasteiger partial charge in [0.15, 0.2) is 0 Å². The molecule has 2 nitrogen and oxygen atoms in total. The lowest BCUT2D eigenvalue weighted by Crippen LogP contribution is -2.43. The van der Waals surface area contributed by atoms with Crippen LogP contribution in [0.1, 0.15) is 31.2 Å². The van der Waals surface area contributed by atoms with Crippen LogP contribution < -0.4 is 11.5 Å². The fourth-order valence-corrected chi connectivity index (χ4v) is 2.35. The molecule has 1 aromatic rings. The van der Waals surface area contributed by atoms with E-state index in [9.17, 15) is 0 Å². The monoisotopic (exact) mass is 224 g/mol. The van der Waals surface area contributed by atoms with Gasteiger partial charge in [0.1, 0.15) is 0 Å². The zero-order valence-electron chi connectivity index (χ0n) is 8.75. The molecule has 0 aliphatic heterocycles. The van der Waals surface area contributed by atoms with E-state index in [2.05, 4.69) is 0 Å². The molecule has 3 heteroatoms. The highest BCUT2D eigenvalue weighted by molar-refractivity contribution is 6.30. The molecule has 1 aliphatic carbocycles. The maximum Gasteiger partial charge on any atom is 0.0410 e. The quantitative estimate of drug-likeness (QED) is 0.770. The average molecular weight is 225 g/mol. The highest BCUT2D eigenvalue weighted by atomic mass is 35.5. The van der Waals surface area contributed by atoms with Crippen molar-refractivity contribution in [1.29, 1.82) is 0 Å². The van der Waals surface area contributed by atoms with Crippen molar-refractivity contribution < 1.29 is 0 Å². The molecule has 0 spiro atoms. The molecule has 1 fully saturated rings. The summed E-state index contributed by atoms with van der Waals surface area (Å²) in [4.78, 5) is 0. The third kappa shape index (κ3) is 2.33.